The summed E-state index contributed by atoms with van der Waals surface area (Å²) in [7, 11) is 1.64. The molecule has 3 aromatic rings. The number of aromatic nitrogens is 2. The first-order valence-electron chi connectivity index (χ1n) is 8.17. The summed E-state index contributed by atoms with van der Waals surface area (Å²) in [5.41, 5.74) is 7.47. The molecule has 0 saturated carbocycles. The summed E-state index contributed by atoms with van der Waals surface area (Å²) < 4.78 is 14.8. The molecule has 136 valence electrons. The number of carbonyl (C=O) groups is 1. The van der Waals surface area contributed by atoms with E-state index in [1.54, 1.807) is 37.6 Å². The third-order valence-electron chi connectivity index (χ3n) is 4.09. The lowest BCUT2D eigenvalue weighted by Gasteiger charge is -2.20. The summed E-state index contributed by atoms with van der Waals surface area (Å²) in [6.45, 7) is 3.70. The van der Waals surface area contributed by atoms with Crippen molar-refractivity contribution in [1.29, 1.82) is 0 Å². The number of carbonyl (C=O) groups excluding carboxylic acids is 1. The molecular weight excluding hydrogens is 335 g/mol. The van der Waals surface area contributed by atoms with Gasteiger partial charge >= 0.3 is 0 Å². The van der Waals surface area contributed by atoms with Gasteiger partial charge in [-0.2, -0.15) is 0 Å². The van der Waals surface area contributed by atoms with Crippen LogP contribution >= 0.6 is 0 Å². The summed E-state index contributed by atoms with van der Waals surface area (Å²) >= 11 is 0. The molecule has 0 aliphatic rings. The Morgan fingerprint density at radius 3 is 2.54 bits per heavy atom. The first-order chi connectivity index (χ1) is 12.2. The standard InChI is InChI=1S/C19H21FN4O2/c1-19(2,26)11-24-16-9-8-14(10-15(16)22-18(24)21)23(3)17(25)12-4-6-13(20)7-5-12/h4-10,26H,11H2,1-3H3,(H2,21,22). The lowest BCUT2D eigenvalue weighted by Crippen LogP contribution is -2.27. The van der Waals surface area contributed by atoms with Crippen molar-refractivity contribution in [2.24, 2.45) is 0 Å². The van der Waals surface area contributed by atoms with Gasteiger partial charge in [-0.3, -0.25) is 4.79 Å². The second-order valence-electron chi connectivity index (χ2n) is 6.91. The van der Waals surface area contributed by atoms with Gasteiger partial charge in [-0.15, -0.1) is 0 Å². The number of anilines is 2. The normalized spacial score (nSPS) is 11.7. The summed E-state index contributed by atoms with van der Waals surface area (Å²) in [6, 6.07) is 10.8. The highest BCUT2D eigenvalue weighted by Crippen LogP contribution is 2.26. The second kappa shape index (κ2) is 6.42. The van der Waals surface area contributed by atoms with Gasteiger partial charge in [-0.25, -0.2) is 9.37 Å². The van der Waals surface area contributed by atoms with E-state index in [-0.39, 0.29) is 5.91 Å². The molecule has 0 unspecified atom stereocenters. The van der Waals surface area contributed by atoms with Crippen LogP contribution in [0.3, 0.4) is 0 Å². The number of benzene rings is 2. The van der Waals surface area contributed by atoms with Gasteiger partial charge in [0.25, 0.3) is 5.91 Å². The molecule has 7 heteroatoms. The predicted octanol–water partition coefficient (Wildman–Crippen LogP) is 2.81. The third-order valence-corrected chi connectivity index (χ3v) is 4.09. The molecule has 0 atom stereocenters. The van der Waals surface area contributed by atoms with Crippen LogP contribution in [0.25, 0.3) is 11.0 Å². The molecule has 0 aliphatic heterocycles. The maximum atomic E-state index is 13.0. The number of hydrogen-bond acceptors (Lipinski definition) is 4. The van der Waals surface area contributed by atoms with E-state index >= 15 is 0 Å². The molecule has 0 bridgehead atoms. The summed E-state index contributed by atoms with van der Waals surface area (Å²) in [6.07, 6.45) is 0. The van der Waals surface area contributed by atoms with Crippen LogP contribution in [0.2, 0.25) is 0 Å². The van der Waals surface area contributed by atoms with E-state index in [0.717, 1.165) is 5.52 Å². The molecule has 3 N–H and O–H groups in total. The maximum Gasteiger partial charge on any atom is 0.258 e. The van der Waals surface area contributed by atoms with Gasteiger partial charge in [0.05, 0.1) is 23.2 Å². The SMILES string of the molecule is CN(C(=O)c1ccc(F)cc1)c1ccc2c(c1)nc(N)n2CC(C)(C)O. The van der Waals surface area contributed by atoms with Crippen molar-refractivity contribution in [3.8, 4) is 0 Å². The number of halogens is 1. The molecule has 1 heterocycles. The van der Waals surface area contributed by atoms with E-state index < -0.39 is 11.4 Å². The van der Waals surface area contributed by atoms with Gasteiger partial charge in [0.15, 0.2) is 0 Å². The molecule has 1 amide bonds. The fourth-order valence-corrected chi connectivity index (χ4v) is 2.80. The van der Waals surface area contributed by atoms with Crippen molar-refractivity contribution in [1.82, 2.24) is 9.55 Å². The van der Waals surface area contributed by atoms with Crippen molar-refractivity contribution in [2.75, 3.05) is 17.7 Å². The Balaban J connectivity index is 1.94. The minimum absolute atomic E-state index is 0.256. The summed E-state index contributed by atoms with van der Waals surface area (Å²) in [5.74, 6) is -0.349. The number of rotatable bonds is 4. The average Bonchev–Trinajstić information content (AvgIpc) is 2.87. The van der Waals surface area contributed by atoms with Crippen molar-refractivity contribution in [3.05, 3.63) is 53.8 Å². The van der Waals surface area contributed by atoms with E-state index in [0.29, 0.717) is 29.3 Å². The number of fused-ring (bicyclic) bond motifs is 1. The first-order valence-corrected chi connectivity index (χ1v) is 8.17. The van der Waals surface area contributed by atoms with Crippen LogP contribution in [0.5, 0.6) is 0 Å². The summed E-state index contributed by atoms with van der Waals surface area (Å²) in [5, 5.41) is 10.1. The molecule has 0 spiro atoms. The number of aliphatic hydroxyl groups is 1. The Morgan fingerprint density at radius 1 is 1.27 bits per heavy atom. The van der Waals surface area contributed by atoms with E-state index in [1.807, 2.05) is 6.07 Å². The maximum absolute atomic E-state index is 13.0. The first kappa shape index (κ1) is 17.9. The quantitative estimate of drug-likeness (QED) is 0.753. The van der Waals surface area contributed by atoms with Crippen LogP contribution < -0.4 is 10.6 Å². The molecule has 6 nitrogen and oxygen atoms in total. The lowest BCUT2D eigenvalue weighted by molar-refractivity contribution is 0.0632. The van der Waals surface area contributed by atoms with Gasteiger partial charge in [0, 0.05) is 18.3 Å². The largest absolute Gasteiger partial charge is 0.389 e. The van der Waals surface area contributed by atoms with Crippen LogP contribution in [0, 0.1) is 5.82 Å². The van der Waals surface area contributed by atoms with Crippen LogP contribution in [0.4, 0.5) is 16.0 Å². The molecule has 0 aliphatic carbocycles. The van der Waals surface area contributed by atoms with Crippen LogP contribution in [-0.4, -0.2) is 33.2 Å². The van der Waals surface area contributed by atoms with E-state index in [1.165, 1.54) is 29.2 Å². The molecule has 0 fully saturated rings. The van der Waals surface area contributed by atoms with Crippen LogP contribution in [0.15, 0.2) is 42.5 Å². The zero-order valence-corrected chi connectivity index (χ0v) is 14.9. The Hall–Kier alpha value is -2.93. The topological polar surface area (TPSA) is 84.4 Å². The molecule has 26 heavy (non-hydrogen) atoms. The van der Waals surface area contributed by atoms with Crippen molar-refractivity contribution >= 4 is 28.6 Å². The Kier molecular flexibility index (Phi) is 4.41. The minimum Gasteiger partial charge on any atom is -0.389 e. The average molecular weight is 356 g/mol. The van der Waals surface area contributed by atoms with E-state index in [2.05, 4.69) is 4.98 Å². The Morgan fingerprint density at radius 2 is 1.92 bits per heavy atom. The fourth-order valence-electron chi connectivity index (χ4n) is 2.80. The number of nitrogens with zero attached hydrogens (tertiary/aromatic N) is 3. The zero-order chi connectivity index (χ0) is 19.1. The van der Waals surface area contributed by atoms with Crippen molar-refractivity contribution < 1.29 is 14.3 Å². The molecule has 0 saturated heterocycles. The van der Waals surface area contributed by atoms with Crippen molar-refractivity contribution in [3.63, 3.8) is 0 Å². The minimum atomic E-state index is -0.935. The number of amides is 1. The predicted molar refractivity (Wildman–Crippen MR) is 99.6 cm³/mol. The molecule has 1 aromatic heterocycles. The second-order valence-corrected chi connectivity index (χ2v) is 6.91. The molecule has 0 radical (unpaired) electrons. The highest BCUT2D eigenvalue weighted by Gasteiger charge is 2.19. The fraction of sp³-hybridized carbons (Fsp3) is 0.263. The molecule has 3 rings (SSSR count). The van der Waals surface area contributed by atoms with Crippen LogP contribution in [0.1, 0.15) is 24.2 Å². The van der Waals surface area contributed by atoms with Gasteiger partial charge in [0.2, 0.25) is 5.95 Å². The smallest absolute Gasteiger partial charge is 0.258 e. The van der Waals surface area contributed by atoms with Crippen molar-refractivity contribution in [2.45, 2.75) is 26.0 Å². The Bertz CT molecular complexity index is 958. The molecular formula is C19H21FN4O2. The third kappa shape index (κ3) is 3.52. The van der Waals surface area contributed by atoms with Gasteiger partial charge < -0.3 is 20.3 Å². The monoisotopic (exact) mass is 356 g/mol. The van der Waals surface area contributed by atoms with Crippen LogP contribution in [-0.2, 0) is 6.54 Å². The van der Waals surface area contributed by atoms with Gasteiger partial charge in [-0.05, 0) is 56.3 Å². The molecule has 2 aromatic carbocycles. The zero-order valence-electron chi connectivity index (χ0n) is 14.9. The van der Waals surface area contributed by atoms with Gasteiger partial charge in [-0.1, -0.05) is 0 Å². The highest BCUT2D eigenvalue weighted by atomic mass is 19.1. The summed E-state index contributed by atoms with van der Waals surface area (Å²) in [4.78, 5) is 18.4. The number of imidazole rings is 1. The van der Waals surface area contributed by atoms with Gasteiger partial charge in [0.1, 0.15) is 5.82 Å². The Labute approximate surface area is 150 Å². The van der Waals surface area contributed by atoms with E-state index in [9.17, 15) is 14.3 Å². The number of nitrogens with two attached hydrogens (primary N) is 1. The number of nitrogen functional groups attached to an aromatic ring is 1. The number of hydrogen-bond donors (Lipinski definition) is 2. The van der Waals surface area contributed by atoms with E-state index in [4.69, 9.17) is 5.73 Å². The highest BCUT2D eigenvalue weighted by molar-refractivity contribution is 6.06. The lowest BCUT2D eigenvalue weighted by atomic mass is 10.1.